The number of alkyl carbamates (subject to hydrolysis) is 1. The fraction of sp³-hybridized carbons (Fsp3) is 0.857. The summed E-state index contributed by atoms with van der Waals surface area (Å²) < 4.78 is 5.11. The van der Waals surface area contributed by atoms with Gasteiger partial charge in [0.05, 0.1) is 0 Å². The van der Waals surface area contributed by atoms with Crippen LogP contribution in [0.2, 0.25) is 0 Å². The molecule has 7 nitrogen and oxygen atoms in total. The lowest BCUT2D eigenvalue weighted by molar-refractivity contribution is -0.119. The van der Waals surface area contributed by atoms with Gasteiger partial charge < -0.3 is 26.0 Å². The highest BCUT2D eigenvalue weighted by atomic mass is 16.6. The SMILES string of the molecule is CCN(CC)CCNC(CNC(=O)OC(C)(C)C)C(N)=O. The summed E-state index contributed by atoms with van der Waals surface area (Å²) in [6, 6.07) is -0.604. The Morgan fingerprint density at radius 1 is 1.24 bits per heavy atom. The molecule has 7 heteroatoms. The summed E-state index contributed by atoms with van der Waals surface area (Å²) in [5.41, 5.74) is 4.76. The monoisotopic (exact) mass is 302 g/mol. The van der Waals surface area contributed by atoms with Gasteiger partial charge in [-0.05, 0) is 33.9 Å². The molecule has 124 valence electrons. The number of nitrogens with one attached hydrogen (secondary N) is 2. The summed E-state index contributed by atoms with van der Waals surface area (Å²) >= 11 is 0. The molecular weight excluding hydrogens is 272 g/mol. The highest BCUT2D eigenvalue weighted by Gasteiger charge is 2.19. The molecule has 1 unspecified atom stereocenters. The minimum atomic E-state index is -0.604. The number of hydrogen-bond acceptors (Lipinski definition) is 5. The van der Waals surface area contributed by atoms with Crippen molar-refractivity contribution in [3.05, 3.63) is 0 Å². The van der Waals surface area contributed by atoms with Crippen LogP contribution in [0.1, 0.15) is 34.6 Å². The molecule has 0 saturated carbocycles. The van der Waals surface area contributed by atoms with E-state index in [9.17, 15) is 9.59 Å². The van der Waals surface area contributed by atoms with E-state index < -0.39 is 23.6 Å². The number of likely N-dealkylation sites (N-methyl/N-ethyl adjacent to an activating group) is 1. The smallest absolute Gasteiger partial charge is 0.407 e. The van der Waals surface area contributed by atoms with Gasteiger partial charge in [0.25, 0.3) is 0 Å². The normalized spacial score (nSPS) is 13.0. The number of hydrogen-bond donors (Lipinski definition) is 3. The second-order valence-corrected chi connectivity index (χ2v) is 5.82. The third-order valence-corrected chi connectivity index (χ3v) is 2.91. The maximum Gasteiger partial charge on any atom is 0.407 e. The summed E-state index contributed by atoms with van der Waals surface area (Å²) in [7, 11) is 0. The van der Waals surface area contributed by atoms with Gasteiger partial charge in [0.15, 0.2) is 0 Å². The van der Waals surface area contributed by atoms with E-state index in [2.05, 4.69) is 29.4 Å². The number of amides is 2. The molecule has 0 rings (SSSR count). The second-order valence-electron chi connectivity index (χ2n) is 5.82. The van der Waals surface area contributed by atoms with Gasteiger partial charge in [0.1, 0.15) is 11.6 Å². The highest BCUT2D eigenvalue weighted by Crippen LogP contribution is 2.06. The molecule has 2 amide bonds. The van der Waals surface area contributed by atoms with Gasteiger partial charge in [-0.2, -0.15) is 0 Å². The van der Waals surface area contributed by atoms with Crippen molar-refractivity contribution in [3.8, 4) is 0 Å². The quantitative estimate of drug-likeness (QED) is 0.569. The van der Waals surface area contributed by atoms with Crippen molar-refractivity contribution in [1.29, 1.82) is 0 Å². The van der Waals surface area contributed by atoms with Gasteiger partial charge in [-0.25, -0.2) is 4.79 Å². The van der Waals surface area contributed by atoms with Crippen LogP contribution in [0.3, 0.4) is 0 Å². The van der Waals surface area contributed by atoms with Gasteiger partial charge in [-0.1, -0.05) is 13.8 Å². The van der Waals surface area contributed by atoms with Crippen LogP contribution in [0, 0.1) is 0 Å². The minimum absolute atomic E-state index is 0.114. The summed E-state index contributed by atoms with van der Waals surface area (Å²) in [5.74, 6) is -0.495. The Morgan fingerprint density at radius 3 is 2.24 bits per heavy atom. The van der Waals surface area contributed by atoms with Gasteiger partial charge in [-0.15, -0.1) is 0 Å². The Hall–Kier alpha value is -1.34. The molecule has 0 saturated heterocycles. The average molecular weight is 302 g/mol. The predicted octanol–water partition coefficient (Wildman–Crippen LogP) is 0.296. The Balaban J connectivity index is 4.14. The van der Waals surface area contributed by atoms with Crippen molar-refractivity contribution in [3.63, 3.8) is 0 Å². The number of carbonyl (C=O) groups is 2. The fourth-order valence-electron chi connectivity index (χ4n) is 1.71. The molecule has 0 aromatic heterocycles. The molecule has 0 heterocycles. The molecular formula is C14H30N4O3. The van der Waals surface area contributed by atoms with Crippen molar-refractivity contribution < 1.29 is 14.3 Å². The molecule has 21 heavy (non-hydrogen) atoms. The van der Waals surface area contributed by atoms with Gasteiger partial charge >= 0.3 is 6.09 Å². The van der Waals surface area contributed by atoms with E-state index in [1.54, 1.807) is 20.8 Å². The topological polar surface area (TPSA) is 96.7 Å². The van der Waals surface area contributed by atoms with Gasteiger partial charge in [0, 0.05) is 19.6 Å². The number of nitrogens with two attached hydrogens (primary N) is 1. The molecule has 0 aromatic carbocycles. The van der Waals surface area contributed by atoms with E-state index in [0.717, 1.165) is 19.6 Å². The Bertz CT molecular complexity index is 325. The van der Waals surface area contributed by atoms with Crippen molar-refractivity contribution in [2.45, 2.75) is 46.3 Å². The van der Waals surface area contributed by atoms with E-state index in [1.165, 1.54) is 0 Å². The summed E-state index contributed by atoms with van der Waals surface area (Å²) in [6.07, 6.45) is -0.556. The number of carbonyl (C=O) groups excluding carboxylic acids is 2. The maximum atomic E-state index is 11.5. The van der Waals surface area contributed by atoms with E-state index in [0.29, 0.717) is 6.54 Å². The lowest BCUT2D eigenvalue weighted by Crippen LogP contribution is -2.51. The lowest BCUT2D eigenvalue weighted by atomic mass is 10.2. The molecule has 0 aliphatic heterocycles. The van der Waals surface area contributed by atoms with Crippen LogP contribution in [0.15, 0.2) is 0 Å². The zero-order valence-corrected chi connectivity index (χ0v) is 13.9. The molecule has 0 aliphatic rings. The lowest BCUT2D eigenvalue weighted by Gasteiger charge is -2.23. The number of nitrogens with zero attached hydrogens (tertiary/aromatic N) is 1. The Labute approximate surface area is 127 Å². The highest BCUT2D eigenvalue weighted by molar-refractivity contribution is 5.81. The minimum Gasteiger partial charge on any atom is -0.444 e. The number of primary amides is 1. The summed E-state index contributed by atoms with van der Waals surface area (Å²) in [5, 5.41) is 5.60. The fourth-order valence-corrected chi connectivity index (χ4v) is 1.71. The second kappa shape index (κ2) is 9.57. The van der Waals surface area contributed by atoms with Crippen molar-refractivity contribution in [2.75, 3.05) is 32.7 Å². The molecule has 0 radical (unpaired) electrons. The first-order chi connectivity index (χ1) is 9.69. The maximum absolute atomic E-state index is 11.5. The van der Waals surface area contributed by atoms with Crippen LogP contribution in [0.4, 0.5) is 4.79 Å². The van der Waals surface area contributed by atoms with E-state index in [4.69, 9.17) is 10.5 Å². The van der Waals surface area contributed by atoms with Crippen molar-refractivity contribution in [2.24, 2.45) is 5.73 Å². The van der Waals surface area contributed by atoms with Gasteiger partial charge in [-0.3, -0.25) is 4.79 Å². The van der Waals surface area contributed by atoms with E-state index in [-0.39, 0.29) is 6.54 Å². The Kier molecular flexibility index (Phi) is 8.96. The van der Waals surface area contributed by atoms with Crippen LogP contribution in [-0.4, -0.2) is 61.3 Å². The molecule has 4 N–H and O–H groups in total. The van der Waals surface area contributed by atoms with E-state index >= 15 is 0 Å². The third-order valence-electron chi connectivity index (χ3n) is 2.91. The first-order valence-electron chi connectivity index (χ1n) is 7.41. The standard InChI is InChI=1S/C14H30N4O3/c1-6-18(7-2)9-8-16-11(12(15)19)10-17-13(20)21-14(3,4)5/h11,16H,6-10H2,1-5H3,(H2,15,19)(H,17,20). The predicted molar refractivity (Wildman–Crippen MR) is 83.0 cm³/mol. The molecule has 0 fully saturated rings. The molecule has 0 aromatic rings. The van der Waals surface area contributed by atoms with Crippen LogP contribution < -0.4 is 16.4 Å². The zero-order chi connectivity index (χ0) is 16.5. The molecule has 0 spiro atoms. The summed E-state index contributed by atoms with van der Waals surface area (Å²) in [4.78, 5) is 25.1. The van der Waals surface area contributed by atoms with Crippen molar-refractivity contribution in [1.82, 2.24) is 15.5 Å². The number of ether oxygens (including phenoxy) is 1. The third kappa shape index (κ3) is 10.1. The summed E-state index contributed by atoms with van der Waals surface area (Å²) in [6.45, 7) is 13.0. The van der Waals surface area contributed by atoms with E-state index in [1.807, 2.05) is 0 Å². The molecule has 1 atom stereocenters. The first-order valence-corrected chi connectivity index (χ1v) is 7.41. The van der Waals surface area contributed by atoms with Crippen LogP contribution in [0.25, 0.3) is 0 Å². The van der Waals surface area contributed by atoms with Crippen molar-refractivity contribution >= 4 is 12.0 Å². The average Bonchev–Trinajstić information content (AvgIpc) is 2.35. The largest absolute Gasteiger partial charge is 0.444 e. The van der Waals surface area contributed by atoms with Crippen LogP contribution in [-0.2, 0) is 9.53 Å². The molecule has 0 aliphatic carbocycles. The first kappa shape index (κ1) is 19.7. The molecule has 0 bridgehead atoms. The Morgan fingerprint density at radius 2 is 1.81 bits per heavy atom. The van der Waals surface area contributed by atoms with Crippen LogP contribution >= 0.6 is 0 Å². The zero-order valence-electron chi connectivity index (χ0n) is 13.9. The van der Waals surface area contributed by atoms with Gasteiger partial charge in [0.2, 0.25) is 5.91 Å². The number of rotatable bonds is 9. The van der Waals surface area contributed by atoms with Crippen LogP contribution in [0.5, 0.6) is 0 Å².